The fourth-order valence-corrected chi connectivity index (χ4v) is 2.37. The van der Waals surface area contributed by atoms with E-state index in [1.807, 2.05) is 49.4 Å². The number of aromatic nitrogens is 1. The number of hydrogen-bond donors (Lipinski definition) is 1. The number of pyridine rings is 1. The van der Waals surface area contributed by atoms with Crippen LogP contribution in [-0.4, -0.2) is 4.98 Å². The van der Waals surface area contributed by atoms with Crippen LogP contribution >= 0.6 is 12.6 Å². The van der Waals surface area contributed by atoms with Gasteiger partial charge in [-0.25, -0.2) is 0 Å². The van der Waals surface area contributed by atoms with Gasteiger partial charge in [0.25, 0.3) is 0 Å². The third-order valence-electron chi connectivity index (χ3n) is 3.16. The van der Waals surface area contributed by atoms with E-state index < -0.39 is 0 Å². The molecule has 0 unspecified atom stereocenters. The maximum absolute atomic E-state index is 5.85. The molecule has 2 aromatic carbocycles. The van der Waals surface area contributed by atoms with Crippen molar-refractivity contribution in [3.8, 4) is 5.75 Å². The van der Waals surface area contributed by atoms with Crippen LogP contribution in [0.4, 0.5) is 0 Å². The van der Waals surface area contributed by atoms with Crippen molar-refractivity contribution in [1.29, 1.82) is 0 Å². The van der Waals surface area contributed by atoms with Crippen LogP contribution in [0.1, 0.15) is 11.3 Å². The lowest BCUT2D eigenvalue weighted by Gasteiger charge is -2.10. The van der Waals surface area contributed by atoms with Crippen molar-refractivity contribution in [2.75, 3.05) is 0 Å². The van der Waals surface area contributed by atoms with Crippen LogP contribution in [0.15, 0.2) is 59.5 Å². The summed E-state index contributed by atoms with van der Waals surface area (Å²) < 4.78 is 5.85. The summed E-state index contributed by atoms with van der Waals surface area (Å²) in [5, 5.41) is 1.14. The van der Waals surface area contributed by atoms with Gasteiger partial charge in [0.15, 0.2) is 0 Å². The maximum atomic E-state index is 5.85. The van der Waals surface area contributed by atoms with E-state index in [1.165, 1.54) is 0 Å². The highest BCUT2D eigenvalue weighted by Gasteiger charge is 2.04. The Morgan fingerprint density at radius 2 is 1.80 bits per heavy atom. The van der Waals surface area contributed by atoms with Gasteiger partial charge in [-0.3, -0.25) is 4.98 Å². The summed E-state index contributed by atoms with van der Waals surface area (Å²) in [6, 6.07) is 17.9. The number of nitrogens with zero attached hydrogens (tertiary/aromatic N) is 1. The summed E-state index contributed by atoms with van der Waals surface area (Å²) in [6.07, 6.45) is 0. The van der Waals surface area contributed by atoms with Crippen molar-refractivity contribution in [3.63, 3.8) is 0 Å². The van der Waals surface area contributed by atoms with Gasteiger partial charge in [0.1, 0.15) is 12.4 Å². The smallest absolute Gasteiger partial charge is 0.119 e. The largest absolute Gasteiger partial charge is 0.489 e. The first kappa shape index (κ1) is 13.0. The molecule has 1 heterocycles. The van der Waals surface area contributed by atoms with Gasteiger partial charge in [0.05, 0.1) is 5.52 Å². The number of hydrogen-bond acceptors (Lipinski definition) is 3. The zero-order chi connectivity index (χ0) is 13.9. The Hall–Kier alpha value is -2.00. The van der Waals surface area contributed by atoms with E-state index in [-0.39, 0.29) is 0 Å². The molecule has 3 aromatic rings. The third kappa shape index (κ3) is 2.78. The average Bonchev–Trinajstić information content (AvgIpc) is 2.46. The van der Waals surface area contributed by atoms with Crippen molar-refractivity contribution < 1.29 is 4.74 Å². The molecule has 20 heavy (non-hydrogen) atoms. The summed E-state index contributed by atoms with van der Waals surface area (Å²) in [6.45, 7) is 2.54. The Morgan fingerprint density at radius 3 is 2.60 bits per heavy atom. The van der Waals surface area contributed by atoms with Gasteiger partial charge in [0.2, 0.25) is 0 Å². The molecule has 0 atom stereocenters. The molecule has 0 fully saturated rings. The molecular weight excluding hydrogens is 266 g/mol. The van der Waals surface area contributed by atoms with Gasteiger partial charge in [-0.15, -0.1) is 12.6 Å². The maximum Gasteiger partial charge on any atom is 0.119 e. The van der Waals surface area contributed by atoms with Crippen LogP contribution in [0, 0.1) is 6.92 Å². The molecule has 0 aliphatic rings. The molecule has 2 nitrogen and oxygen atoms in total. The highest BCUT2D eigenvalue weighted by molar-refractivity contribution is 7.80. The molecule has 100 valence electrons. The number of fused-ring (bicyclic) bond motifs is 1. The van der Waals surface area contributed by atoms with E-state index in [9.17, 15) is 0 Å². The van der Waals surface area contributed by atoms with E-state index in [0.29, 0.717) is 6.61 Å². The van der Waals surface area contributed by atoms with Gasteiger partial charge in [-0.2, -0.15) is 0 Å². The number of rotatable bonds is 3. The Kier molecular flexibility index (Phi) is 3.61. The predicted molar refractivity (Wildman–Crippen MR) is 84.5 cm³/mol. The Balaban J connectivity index is 1.88. The second kappa shape index (κ2) is 5.55. The summed E-state index contributed by atoms with van der Waals surface area (Å²) in [7, 11) is 0. The van der Waals surface area contributed by atoms with Gasteiger partial charge in [-0.05, 0) is 43.3 Å². The second-order valence-electron chi connectivity index (χ2n) is 4.72. The number of para-hydroxylation sites is 1. The van der Waals surface area contributed by atoms with E-state index in [1.54, 1.807) is 0 Å². The summed E-state index contributed by atoms with van der Waals surface area (Å²) in [5.41, 5.74) is 3.17. The number of thiol groups is 1. The molecule has 3 rings (SSSR count). The zero-order valence-electron chi connectivity index (χ0n) is 11.2. The molecule has 0 bridgehead atoms. The SMILES string of the molecule is Cc1cc(COc2ccc(S)cc2)c2ccccc2n1. The Labute approximate surface area is 123 Å². The molecular formula is C17H15NOS. The molecule has 0 saturated heterocycles. The molecule has 0 N–H and O–H groups in total. The lowest BCUT2D eigenvalue weighted by molar-refractivity contribution is 0.307. The number of ether oxygens (including phenoxy) is 1. The first-order valence-corrected chi connectivity index (χ1v) is 6.94. The lowest BCUT2D eigenvalue weighted by Crippen LogP contribution is -1.98. The fourth-order valence-electron chi connectivity index (χ4n) is 2.22. The van der Waals surface area contributed by atoms with Crippen LogP contribution < -0.4 is 4.74 Å². The van der Waals surface area contributed by atoms with E-state index in [2.05, 4.69) is 29.7 Å². The summed E-state index contributed by atoms with van der Waals surface area (Å²) in [4.78, 5) is 5.47. The van der Waals surface area contributed by atoms with Crippen LogP contribution in [0.25, 0.3) is 10.9 Å². The predicted octanol–water partition coefficient (Wildman–Crippen LogP) is 4.41. The fraction of sp³-hybridized carbons (Fsp3) is 0.118. The first-order chi connectivity index (χ1) is 9.72. The highest BCUT2D eigenvalue weighted by atomic mass is 32.1. The van der Waals surface area contributed by atoms with E-state index >= 15 is 0 Å². The van der Waals surface area contributed by atoms with Crippen molar-refractivity contribution in [2.24, 2.45) is 0 Å². The van der Waals surface area contributed by atoms with E-state index in [4.69, 9.17) is 4.74 Å². The molecule has 0 aliphatic heterocycles. The monoisotopic (exact) mass is 281 g/mol. The van der Waals surface area contributed by atoms with Crippen LogP contribution in [0.5, 0.6) is 5.75 Å². The Bertz CT molecular complexity index is 738. The summed E-state index contributed by atoms with van der Waals surface area (Å²) >= 11 is 4.27. The van der Waals surface area contributed by atoms with Gasteiger partial charge >= 0.3 is 0 Å². The minimum absolute atomic E-state index is 0.537. The minimum Gasteiger partial charge on any atom is -0.489 e. The number of aryl methyl sites for hydroxylation is 1. The van der Waals surface area contributed by atoms with Crippen LogP contribution in [-0.2, 0) is 6.61 Å². The van der Waals surface area contributed by atoms with Crippen molar-refractivity contribution >= 4 is 23.5 Å². The van der Waals surface area contributed by atoms with Crippen LogP contribution in [0.2, 0.25) is 0 Å². The topological polar surface area (TPSA) is 22.1 Å². The normalized spacial score (nSPS) is 10.7. The van der Waals surface area contributed by atoms with Crippen molar-refractivity contribution in [1.82, 2.24) is 4.98 Å². The molecule has 0 amide bonds. The standard InChI is InChI=1S/C17H15NOS/c1-12-10-13(16-4-2-3-5-17(16)18-12)11-19-14-6-8-15(20)9-7-14/h2-10,20H,11H2,1H3. The van der Waals surface area contributed by atoms with Crippen molar-refractivity contribution in [3.05, 3.63) is 65.9 Å². The quantitative estimate of drug-likeness (QED) is 0.718. The van der Waals surface area contributed by atoms with Gasteiger partial charge < -0.3 is 4.74 Å². The van der Waals surface area contributed by atoms with Gasteiger partial charge in [-0.1, -0.05) is 18.2 Å². The second-order valence-corrected chi connectivity index (χ2v) is 5.24. The first-order valence-electron chi connectivity index (χ1n) is 6.49. The summed E-state index contributed by atoms with van der Waals surface area (Å²) in [5.74, 6) is 0.848. The molecule has 0 spiro atoms. The molecule has 0 aliphatic carbocycles. The third-order valence-corrected chi connectivity index (χ3v) is 3.46. The zero-order valence-corrected chi connectivity index (χ0v) is 12.1. The lowest BCUT2D eigenvalue weighted by atomic mass is 10.1. The van der Waals surface area contributed by atoms with Crippen molar-refractivity contribution in [2.45, 2.75) is 18.4 Å². The average molecular weight is 281 g/mol. The van der Waals surface area contributed by atoms with Crippen LogP contribution in [0.3, 0.4) is 0 Å². The van der Waals surface area contributed by atoms with Gasteiger partial charge in [0, 0.05) is 21.5 Å². The highest BCUT2D eigenvalue weighted by Crippen LogP contribution is 2.21. The minimum atomic E-state index is 0.537. The Morgan fingerprint density at radius 1 is 1.05 bits per heavy atom. The molecule has 0 radical (unpaired) electrons. The molecule has 3 heteroatoms. The molecule has 1 aromatic heterocycles. The number of benzene rings is 2. The molecule has 0 saturated carbocycles. The van der Waals surface area contributed by atoms with E-state index in [0.717, 1.165) is 32.8 Å².